The molecule has 1 fully saturated rings. The van der Waals surface area contributed by atoms with Crippen molar-refractivity contribution >= 4 is 11.6 Å². The summed E-state index contributed by atoms with van der Waals surface area (Å²) in [5.74, 6) is 0.442. The number of benzene rings is 1. The molecule has 0 amide bonds. The van der Waals surface area contributed by atoms with Gasteiger partial charge in [0.2, 0.25) is 0 Å². The molecule has 1 atom stereocenters. The van der Waals surface area contributed by atoms with Crippen LogP contribution in [0.2, 0.25) is 5.02 Å². The van der Waals surface area contributed by atoms with Gasteiger partial charge in [-0.3, -0.25) is 0 Å². The minimum Gasteiger partial charge on any atom is -0.310 e. The Kier molecular flexibility index (Phi) is 5.02. The van der Waals surface area contributed by atoms with Gasteiger partial charge in [0.15, 0.2) is 0 Å². The molecule has 1 aliphatic carbocycles. The fourth-order valence-corrected chi connectivity index (χ4v) is 3.19. The Morgan fingerprint density at radius 1 is 1.39 bits per heavy atom. The van der Waals surface area contributed by atoms with Crippen molar-refractivity contribution in [1.82, 2.24) is 5.32 Å². The van der Waals surface area contributed by atoms with Gasteiger partial charge in [0.1, 0.15) is 5.82 Å². The summed E-state index contributed by atoms with van der Waals surface area (Å²) in [4.78, 5) is 0. The number of hydrogen-bond acceptors (Lipinski definition) is 1. The van der Waals surface area contributed by atoms with Gasteiger partial charge in [0.25, 0.3) is 0 Å². The van der Waals surface area contributed by atoms with E-state index in [1.807, 2.05) is 6.07 Å². The number of hydrogen-bond donors (Lipinski definition) is 1. The largest absolute Gasteiger partial charge is 0.310 e. The van der Waals surface area contributed by atoms with Crippen molar-refractivity contribution in [3.8, 4) is 0 Å². The average molecular weight is 270 g/mol. The Morgan fingerprint density at radius 3 is 2.78 bits per heavy atom. The first-order chi connectivity index (χ1) is 8.72. The molecule has 1 aromatic carbocycles. The van der Waals surface area contributed by atoms with Crippen LogP contribution >= 0.6 is 11.6 Å². The van der Waals surface area contributed by atoms with Crippen LogP contribution in [0.25, 0.3) is 0 Å². The minimum absolute atomic E-state index is 0.182. The van der Waals surface area contributed by atoms with Crippen LogP contribution in [0, 0.1) is 11.7 Å². The zero-order valence-electron chi connectivity index (χ0n) is 10.9. The van der Waals surface area contributed by atoms with E-state index in [1.54, 1.807) is 6.07 Å². The summed E-state index contributed by atoms with van der Waals surface area (Å²) in [6, 6.07) is 5.29. The maximum atomic E-state index is 13.5. The van der Waals surface area contributed by atoms with Gasteiger partial charge in [0.05, 0.1) is 5.02 Å². The van der Waals surface area contributed by atoms with Crippen molar-refractivity contribution in [3.63, 3.8) is 0 Å². The van der Waals surface area contributed by atoms with Crippen molar-refractivity contribution in [3.05, 3.63) is 34.6 Å². The summed E-state index contributed by atoms with van der Waals surface area (Å²) >= 11 is 6.09. The van der Waals surface area contributed by atoms with Crippen LogP contribution in [0.15, 0.2) is 18.2 Å². The van der Waals surface area contributed by atoms with Gasteiger partial charge in [-0.1, -0.05) is 56.3 Å². The molecule has 0 aliphatic heterocycles. The topological polar surface area (TPSA) is 12.0 Å². The molecule has 0 heterocycles. The van der Waals surface area contributed by atoms with E-state index in [4.69, 9.17) is 11.6 Å². The maximum absolute atomic E-state index is 13.5. The fraction of sp³-hybridized carbons (Fsp3) is 0.600. The molecule has 3 heteroatoms. The number of rotatable bonds is 5. The van der Waals surface area contributed by atoms with E-state index in [9.17, 15) is 4.39 Å². The van der Waals surface area contributed by atoms with Gasteiger partial charge in [-0.2, -0.15) is 0 Å². The molecule has 0 radical (unpaired) electrons. The van der Waals surface area contributed by atoms with Crippen LogP contribution in [0.5, 0.6) is 0 Å². The minimum atomic E-state index is -0.316. The average Bonchev–Trinajstić information content (AvgIpc) is 2.85. The Labute approximate surface area is 114 Å². The molecule has 0 saturated heterocycles. The van der Waals surface area contributed by atoms with E-state index < -0.39 is 0 Å². The predicted octanol–water partition coefficient (Wildman–Crippen LogP) is 4.71. The standard InChI is InChI=1S/C15H21ClFN/c1-2-18-14(10-11-6-3-4-7-11)12-8-5-9-13(17)15(12)16/h5,8-9,11,14,18H,2-4,6-7,10H2,1H3. The second-order valence-electron chi connectivity index (χ2n) is 5.14. The molecule has 1 unspecified atom stereocenters. The van der Waals surface area contributed by atoms with Gasteiger partial charge in [-0.25, -0.2) is 4.39 Å². The summed E-state index contributed by atoms with van der Waals surface area (Å²) in [5.41, 5.74) is 0.908. The van der Waals surface area contributed by atoms with Crippen molar-refractivity contribution in [2.24, 2.45) is 5.92 Å². The lowest BCUT2D eigenvalue weighted by Crippen LogP contribution is -2.23. The molecule has 0 bridgehead atoms. The zero-order chi connectivity index (χ0) is 13.0. The molecular formula is C15H21ClFN. The van der Waals surface area contributed by atoms with Crippen LogP contribution in [-0.2, 0) is 0 Å². The highest BCUT2D eigenvalue weighted by atomic mass is 35.5. The predicted molar refractivity (Wildman–Crippen MR) is 74.4 cm³/mol. The normalized spacial score (nSPS) is 18.2. The van der Waals surface area contributed by atoms with E-state index in [-0.39, 0.29) is 16.9 Å². The number of halogens is 2. The van der Waals surface area contributed by atoms with Crippen LogP contribution in [0.1, 0.15) is 50.6 Å². The first-order valence-corrected chi connectivity index (χ1v) is 7.27. The second kappa shape index (κ2) is 6.53. The van der Waals surface area contributed by atoms with Gasteiger partial charge >= 0.3 is 0 Å². The molecule has 1 aromatic rings. The fourth-order valence-electron chi connectivity index (χ4n) is 2.94. The third-order valence-electron chi connectivity index (χ3n) is 3.85. The van der Waals surface area contributed by atoms with Gasteiger partial charge in [0, 0.05) is 6.04 Å². The van der Waals surface area contributed by atoms with Crippen molar-refractivity contribution in [2.75, 3.05) is 6.54 Å². The highest BCUT2D eigenvalue weighted by Crippen LogP contribution is 2.35. The van der Waals surface area contributed by atoms with Crippen LogP contribution in [-0.4, -0.2) is 6.54 Å². The van der Waals surface area contributed by atoms with E-state index in [0.29, 0.717) is 0 Å². The quantitative estimate of drug-likeness (QED) is 0.816. The van der Waals surface area contributed by atoms with Crippen LogP contribution in [0.4, 0.5) is 4.39 Å². The smallest absolute Gasteiger partial charge is 0.142 e. The Bertz CT molecular complexity index is 388. The van der Waals surface area contributed by atoms with Crippen molar-refractivity contribution in [2.45, 2.75) is 45.1 Å². The second-order valence-corrected chi connectivity index (χ2v) is 5.52. The lowest BCUT2D eigenvalue weighted by molar-refractivity contribution is 0.400. The molecule has 0 spiro atoms. The maximum Gasteiger partial charge on any atom is 0.142 e. The lowest BCUT2D eigenvalue weighted by Gasteiger charge is -2.23. The van der Waals surface area contributed by atoms with Gasteiger partial charge < -0.3 is 5.32 Å². The summed E-state index contributed by atoms with van der Waals surface area (Å²) in [5, 5.41) is 3.72. The van der Waals surface area contributed by atoms with E-state index >= 15 is 0 Å². The Balaban J connectivity index is 2.14. The van der Waals surface area contributed by atoms with Gasteiger partial charge in [-0.05, 0) is 30.5 Å². The Hall–Kier alpha value is -0.600. The molecule has 0 aromatic heterocycles. The van der Waals surface area contributed by atoms with E-state index in [1.165, 1.54) is 31.7 Å². The summed E-state index contributed by atoms with van der Waals surface area (Å²) in [6.45, 7) is 2.96. The third-order valence-corrected chi connectivity index (χ3v) is 4.25. The van der Waals surface area contributed by atoms with Crippen LogP contribution in [0.3, 0.4) is 0 Å². The van der Waals surface area contributed by atoms with Crippen molar-refractivity contribution < 1.29 is 4.39 Å². The first-order valence-electron chi connectivity index (χ1n) is 6.89. The molecule has 1 N–H and O–H groups in total. The first kappa shape index (κ1) is 13.8. The molecule has 100 valence electrons. The third kappa shape index (κ3) is 3.24. The number of nitrogens with one attached hydrogen (secondary N) is 1. The SMILES string of the molecule is CCNC(CC1CCCC1)c1cccc(F)c1Cl. The summed E-state index contributed by atoms with van der Waals surface area (Å²) < 4.78 is 13.5. The van der Waals surface area contributed by atoms with Gasteiger partial charge in [-0.15, -0.1) is 0 Å². The summed E-state index contributed by atoms with van der Waals surface area (Å²) in [6.07, 6.45) is 6.33. The highest BCUT2D eigenvalue weighted by Gasteiger charge is 2.22. The molecule has 1 nitrogen and oxygen atoms in total. The monoisotopic (exact) mass is 269 g/mol. The van der Waals surface area contributed by atoms with E-state index in [0.717, 1.165) is 24.4 Å². The van der Waals surface area contributed by atoms with E-state index in [2.05, 4.69) is 12.2 Å². The van der Waals surface area contributed by atoms with Crippen LogP contribution < -0.4 is 5.32 Å². The van der Waals surface area contributed by atoms with Crippen molar-refractivity contribution in [1.29, 1.82) is 0 Å². The molecular weight excluding hydrogens is 249 g/mol. The zero-order valence-corrected chi connectivity index (χ0v) is 11.6. The molecule has 1 saturated carbocycles. The highest BCUT2D eigenvalue weighted by molar-refractivity contribution is 6.31. The Morgan fingerprint density at radius 2 is 2.11 bits per heavy atom. The lowest BCUT2D eigenvalue weighted by atomic mass is 9.93. The molecule has 2 rings (SSSR count). The molecule has 1 aliphatic rings. The molecule has 18 heavy (non-hydrogen) atoms. The summed E-state index contributed by atoms with van der Waals surface area (Å²) in [7, 11) is 0.